The Kier molecular flexibility index (Phi) is 6.63. The third-order valence-electron chi connectivity index (χ3n) is 3.86. The summed E-state index contributed by atoms with van der Waals surface area (Å²) in [6, 6.07) is 15.1. The second-order valence-corrected chi connectivity index (χ2v) is 8.54. The van der Waals surface area contributed by atoms with E-state index in [2.05, 4.69) is 10.6 Å². The number of carbonyl (C=O) groups excluding carboxylic acids is 1. The molecule has 0 saturated carbocycles. The van der Waals surface area contributed by atoms with Gasteiger partial charge in [-0.1, -0.05) is 41.9 Å². The van der Waals surface area contributed by atoms with Gasteiger partial charge >= 0.3 is 0 Å². The highest BCUT2D eigenvalue weighted by Crippen LogP contribution is 2.29. The van der Waals surface area contributed by atoms with Gasteiger partial charge < -0.3 is 10.6 Å². The fraction of sp³-hybridized carbons (Fsp3) is 0.278. The molecule has 26 heavy (non-hydrogen) atoms. The van der Waals surface area contributed by atoms with Gasteiger partial charge in [0.1, 0.15) is 0 Å². The third kappa shape index (κ3) is 5.72. The second kappa shape index (κ2) is 8.53. The fourth-order valence-corrected chi connectivity index (χ4v) is 2.88. The Morgan fingerprint density at radius 2 is 1.85 bits per heavy atom. The van der Waals surface area contributed by atoms with E-state index in [1.165, 1.54) is 7.05 Å². The normalized spacial score (nSPS) is 12.7. The van der Waals surface area contributed by atoms with Crippen molar-refractivity contribution in [2.75, 3.05) is 30.5 Å². The molecule has 0 aliphatic carbocycles. The van der Waals surface area contributed by atoms with Crippen LogP contribution >= 0.6 is 11.6 Å². The number of likely N-dealkylation sites (N-methyl/N-ethyl adjacent to an activating group) is 1. The molecule has 0 saturated heterocycles. The summed E-state index contributed by atoms with van der Waals surface area (Å²) in [5, 5.41) is 6.43. The van der Waals surface area contributed by atoms with E-state index in [0.29, 0.717) is 10.7 Å². The lowest BCUT2D eigenvalue weighted by Crippen LogP contribution is -2.34. The van der Waals surface area contributed by atoms with Gasteiger partial charge in [-0.05, 0) is 30.7 Å². The lowest BCUT2D eigenvalue weighted by Gasteiger charge is -2.18. The van der Waals surface area contributed by atoms with E-state index in [1.54, 1.807) is 18.2 Å². The van der Waals surface area contributed by atoms with Crippen LogP contribution in [0.15, 0.2) is 48.5 Å². The Labute approximate surface area is 159 Å². The van der Waals surface area contributed by atoms with Crippen LogP contribution < -0.4 is 10.6 Å². The van der Waals surface area contributed by atoms with Crippen LogP contribution in [-0.2, 0) is 14.8 Å². The average molecular weight is 396 g/mol. The molecule has 0 aliphatic rings. The number of benzene rings is 2. The molecule has 0 spiro atoms. The zero-order valence-corrected chi connectivity index (χ0v) is 16.4. The van der Waals surface area contributed by atoms with Crippen molar-refractivity contribution >= 4 is 38.9 Å². The van der Waals surface area contributed by atoms with E-state index < -0.39 is 15.9 Å². The number of anilines is 2. The molecule has 2 aromatic carbocycles. The second-order valence-electron chi connectivity index (χ2n) is 6.04. The van der Waals surface area contributed by atoms with Gasteiger partial charge in [-0.25, -0.2) is 8.42 Å². The maximum absolute atomic E-state index is 12.0. The molecule has 2 aromatic rings. The lowest BCUT2D eigenvalue weighted by molar-refractivity contribution is -0.116. The molecule has 6 nitrogen and oxygen atoms in total. The van der Waals surface area contributed by atoms with Gasteiger partial charge in [0.25, 0.3) is 0 Å². The van der Waals surface area contributed by atoms with Crippen LogP contribution in [0.2, 0.25) is 5.02 Å². The molecule has 0 bridgehead atoms. The number of amides is 1. The standard InChI is InChI=1S/C18H22ClN3O3S/c1-13(14-7-5-4-6-8-14)20-17-10-9-15(11-16(17)19)21-18(23)12-22(2)26(3,24)25/h4-11,13,20H,12H2,1-3H3,(H,21,23). The van der Waals surface area contributed by atoms with Crippen molar-refractivity contribution in [3.63, 3.8) is 0 Å². The van der Waals surface area contributed by atoms with Crippen LogP contribution in [-0.4, -0.2) is 38.5 Å². The van der Waals surface area contributed by atoms with Crippen molar-refractivity contribution < 1.29 is 13.2 Å². The number of carbonyl (C=O) groups is 1. The van der Waals surface area contributed by atoms with Crippen LogP contribution in [0.5, 0.6) is 0 Å². The van der Waals surface area contributed by atoms with Gasteiger partial charge in [0, 0.05) is 18.8 Å². The minimum Gasteiger partial charge on any atom is -0.377 e. The Morgan fingerprint density at radius 3 is 2.42 bits per heavy atom. The number of nitrogens with zero attached hydrogens (tertiary/aromatic N) is 1. The molecule has 8 heteroatoms. The van der Waals surface area contributed by atoms with Crippen molar-refractivity contribution in [1.29, 1.82) is 0 Å². The topological polar surface area (TPSA) is 78.5 Å². The van der Waals surface area contributed by atoms with E-state index in [0.717, 1.165) is 21.8 Å². The summed E-state index contributed by atoms with van der Waals surface area (Å²) in [7, 11) is -2.06. The first kappa shape index (κ1) is 20.2. The highest BCUT2D eigenvalue weighted by atomic mass is 35.5. The predicted molar refractivity (Wildman–Crippen MR) is 106 cm³/mol. The largest absolute Gasteiger partial charge is 0.377 e. The molecule has 0 fully saturated rings. The van der Waals surface area contributed by atoms with E-state index in [9.17, 15) is 13.2 Å². The Bertz CT molecular complexity index is 873. The summed E-state index contributed by atoms with van der Waals surface area (Å²) in [5.74, 6) is -0.438. The number of nitrogens with one attached hydrogen (secondary N) is 2. The van der Waals surface area contributed by atoms with Crippen LogP contribution in [0, 0.1) is 0 Å². The summed E-state index contributed by atoms with van der Waals surface area (Å²) in [6.07, 6.45) is 1.05. The first-order valence-corrected chi connectivity index (χ1v) is 10.2. The molecule has 1 amide bonds. The molecule has 0 radical (unpaired) electrons. The predicted octanol–water partition coefficient (Wildman–Crippen LogP) is 3.34. The molecule has 140 valence electrons. The van der Waals surface area contributed by atoms with E-state index in [-0.39, 0.29) is 12.6 Å². The zero-order chi connectivity index (χ0) is 19.3. The van der Waals surface area contributed by atoms with Crippen LogP contribution in [0.25, 0.3) is 0 Å². The monoisotopic (exact) mass is 395 g/mol. The molecular weight excluding hydrogens is 374 g/mol. The molecule has 1 atom stereocenters. The maximum Gasteiger partial charge on any atom is 0.239 e. The number of rotatable bonds is 7. The van der Waals surface area contributed by atoms with E-state index in [4.69, 9.17) is 11.6 Å². The quantitative estimate of drug-likeness (QED) is 0.753. The summed E-state index contributed by atoms with van der Waals surface area (Å²) in [5.41, 5.74) is 2.37. The van der Waals surface area contributed by atoms with Gasteiger partial charge in [0.05, 0.1) is 23.5 Å². The first-order chi connectivity index (χ1) is 12.2. The molecule has 2 rings (SSSR count). The average Bonchev–Trinajstić information content (AvgIpc) is 2.57. The van der Waals surface area contributed by atoms with Gasteiger partial charge in [-0.2, -0.15) is 4.31 Å². The molecule has 2 N–H and O–H groups in total. The van der Waals surface area contributed by atoms with Gasteiger partial charge in [-0.3, -0.25) is 4.79 Å². The third-order valence-corrected chi connectivity index (χ3v) is 5.43. The van der Waals surface area contributed by atoms with Gasteiger partial charge in [-0.15, -0.1) is 0 Å². The molecule has 0 heterocycles. The van der Waals surface area contributed by atoms with Crippen LogP contribution in [0.3, 0.4) is 0 Å². The zero-order valence-electron chi connectivity index (χ0n) is 14.9. The number of hydrogen-bond acceptors (Lipinski definition) is 4. The fourth-order valence-electron chi connectivity index (χ4n) is 2.29. The number of hydrogen-bond donors (Lipinski definition) is 2. The van der Waals surface area contributed by atoms with Crippen LogP contribution in [0.4, 0.5) is 11.4 Å². The van der Waals surface area contributed by atoms with E-state index >= 15 is 0 Å². The summed E-state index contributed by atoms with van der Waals surface area (Å²) in [6.45, 7) is 1.77. The summed E-state index contributed by atoms with van der Waals surface area (Å²) >= 11 is 6.30. The highest BCUT2D eigenvalue weighted by molar-refractivity contribution is 7.88. The summed E-state index contributed by atoms with van der Waals surface area (Å²) in [4.78, 5) is 12.0. The van der Waals surface area contributed by atoms with E-state index in [1.807, 2.05) is 37.3 Å². The molecule has 0 aliphatic heterocycles. The lowest BCUT2D eigenvalue weighted by atomic mass is 10.1. The smallest absolute Gasteiger partial charge is 0.239 e. The Morgan fingerprint density at radius 1 is 1.19 bits per heavy atom. The minimum atomic E-state index is -3.41. The Balaban J connectivity index is 2.02. The Hall–Kier alpha value is -2.09. The van der Waals surface area contributed by atoms with Gasteiger partial charge in [0.15, 0.2) is 0 Å². The highest BCUT2D eigenvalue weighted by Gasteiger charge is 2.15. The molecular formula is C18H22ClN3O3S. The van der Waals surface area contributed by atoms with Crippen molar-refractivity contribution in [2.24, 2.45) is 0 Å². The molecule has 1 unspecified atom stereocenters. The van der Waals surface area contributed by atoms with Crippen LogP contribution in [0.1, 0.15) is 18.5 Å². The minimum absolute atomic E-state index is 0.0672. The molecule has 0 aromatic heterocycles. The van der Waals surface area contributed by atoms with Crippen molar-refractivity contribution in [3.8, 4) is 0 Å². The van der Waals surface area contributed by atoms with Gasteiger partial charge in [0.2, 0.25) is 15.9 Å². The summed E-state index contributed by atoms with van der Waals surface area (Å²) < 4.78 is 23.7. The SMILES string of the molecule is CC(Nc1ccc(NC(=O)CN(C)S(C)(=O)=O)cc1Cl)c1ccccc1. The first-order valence-electron chi connectivity index (χ1n) is 7.99. The number of sulfonamides is 1. The number of halogens is 1. The van der Waals surface area contributed by atoms with Crippen molar-refractivity contribution in [1.82, 2.24) is 4.31 Å². The van der Waals surface area contributed by atoms with Crippen molar-refractivity contribution in [2.45, 2.75) is 13.0 Å². The maximum atomic E-state index is 12.0. The van der Waals surface area contributed by atoms with Crippen molar-refractivity contribution in [3.05, 3.63) is 59.1 Å².